The quantitative estimate of drug-likeness (QED) is 0.653. The number of para-hydroxylation sites is 1. The molecule has 124 valence electrons. The van der Waals surface area contributed by atoms with Gasteiger partial charge in [-0.1, -0.05) is 12.1 Å². The molecule has 24 heavy (non-hydrogen) atoms. The number of rotatable bonds is 5. The van der Waals surface area contributed by atoms with Crippen molar-refractivity contribution in [1.82, 2.24) is 0 Å². The van der Waals surface area contributed by atoms with Crippen LogP contribution in [-0.4, -0.2) is 29.5 Å². The summed E-state index contributed by atoms with van der Waals surface area (Å²) in [5.41, 5.74) is 0.750. The lowest BCUT2D eigenvalue weighted by atomic mass is 10.2. The maximum Gasteiger partial charge on any atom is 0.307 e. The van der Waals surface area contributed by atoms with Crippen LogP contribution in [0.1, 0.15) is 21.0 Å². The number of hydrogen-bond acceptors (Lipinski definition) is 6. The molecule has 5 nitrogen and oxygen atoms in total. The van der Waals surface area contributed by atoms with E-state index in [1.807, 2.05) is 37.3 Å². The molecule has 1 N–H and O–H groups in total. The van der Waals surface area contributed by atoms with Crippen molar-refractivity contribution in [2.24, 2.45) is 0 Å². The first-order valence-corrected chi connectivity index (χ1v) is 9.04. The van der Waals surface area contributed by atoms with Gasteiger partial charge in [0, 0.05) is 9.77 Å². The number of nitrogens with one attached hydrogen (secondary N) is 1. The lowest BCUT2D eigenvalue weighted by molar-refractivity contribution is -0.143. The van der Waals surface area contributed by atoms with E-state index in [-0.39, 0.29) is 24.7 Å². The highest BCUT2D eigenvalue weighted by Gasteiger charge is 2.29. The summed E-state index contributed by atoms with van der Waals surface area (Å²) in [5.74, 6) is -1.01. The van der Waals surface area contributed by atoms with E-state index in [2.05, 4.69) is 5.32 Å². The fourth-order valence-corrected chi connectivity index (χ4v) is 4.13. The third kappa shape index (κ3) is 3.85. The van der Waals surface area contributed by atoms with Gasteiger partial charge in [0.25, 0.3) is 0 Å². The summed E-state index contributed by atoms with van der Waals surface area (Å²) in [4.78, 5) is 38.4. The van der Waals surface area contributed by atoms with Gasteiger partial charge in [-0.15, -0.1) is 23.1 Å². The molecule has 1 aromatic heterocycles. The summed E-state index contributed by atoms with van der Waals surface area (Å²) in [5, 5.41) is 2.23. The van der Waals surface area contributed by atoms with E-state index in [4.69, 9.17) is 4.74 Å². The van der Waals surface area contributed by atoms with E-state index < -0.39 is 11.2 Å². The number of aryl methyl sites for hydroxylation is 1. The first-order valence-electron chi connectivity index (χ1n) is 7.35. The number of esters is 1. The van der Waals surface area contributed by atoms with Crippen molar-refractivity contribution < 1.29 is 19.1 Å². The molecular weight excluding hydrogens is 346 g/mol. The third-order valence-electron chi connectivity index (χ3n) is 3.44. The van der Waals surface area contributed by atoms with Crippen LogP contribution in [0.3, 0.4) is 0 Å². The fraction of sp³-hybridized carbons (Fsp3) is 0.235. The van der Waals surface area contributed by atoms with Gasteiger partial charge in [0.1, 0.15) is 0 Å². The Balaban J connectivity index is 1.54. The van der Waals surface area contributed by atoms with Crippen LogP contribution in [0.25, 0.3) is 0 Å². The second-order valence-electron chi connectivity index (χ2n) is 5.29. The number of ether oxygens (including phenoxy) is 1. The topological polar surface area (TPSA) is 72.5 Å². The zero-order valence-electron chi connectivity index (χ0n) is 12.9. The molecular formula is C17H15NO4S2. The summed E-state index contributed by atoms with van der Waals surface area (Å²) in [6.45, 7) is 1.61. The van der Waals surface area contributed by atoms with Crippen molar-refractivity contribution in [1.29, 1.82) is 0 Å². The number of Topliss-reactive ketones (excluding diaryl/α,β-unsaturated/α-hetero) is 1. The van der Waals surface area contributed by atoms with Crippen LogP contribution in [0.4, 0.5) is 5.69 Å². The molecule has 0 saturated heterocycles. The molecule has 0 radical (unpaired) electrons. The molecule has 1 aliphatic heterocycles. The van der Waals surface area contributed by atoms with E-state index in [0.29, 0.717) is 4.88 Å². The normalized spacial score (nSPS) is 16.2. The Morgan fingerprint density at radius 1 is 1.21 bits per heavy atom. The average molecular weight is 361 g/mol. The third-order valence-corrected chi connectivity index (χ3v) is 5.76. The minimum absolute atomic E-state index is 0.0679. The van der Waals surface area contributed by atoms with Crippen molar-refractivity contribution in [3.63, 3.8) is 0 Å². The van der Waals surface area contributed by atoms with Gasteiger partial charge < -0.3 is 10.1 Å². The van der Waals surface area contributed by atoms with Gasteiger partial charge in [0.05, 0.1) is 22.2 Å². The molecule has 3 rings (SSSR count). The minimum Gasteiger partial charge on any atom is -0.457 e. The molecule has 0 aliphatic carbocycles. The number of thiophene rings is 1. The zero-order chi connectivity index (χ0) is 17.1. The van der Waals surface area contributed by atoms with Crippen LogP contribution in [0, 0.1) is 6.92 Å². The number of benzene rings is 1. The Bertz CT molecular complexity index is 799. The standard InChI is InChI=1S/C17H15NO4S2/c1-10-6-7-14(23-10)12(19)9-22-16(20)8-15-17(21)18-11-4-2-3-5-13(11)24-15/h2-7,15H,8-9H2,1H3,(H,18,21). The molecule has 0 spiro atoms. The SMILES string of the molecule is Cc1ccc(C(=O)COC(=O)CC2Sc3ccccc3NC2=O)s1. The monoisotopic (exact) mass is 361 g/mol. The van der Waals surface area contributed by atoms with Crippen molar-refractivity contribution in [3.05, 3.63) is 46.2 Å². The number of thioether (sulfide) groups is 1. The van der Waals surface area contributed by atoms with Crippen LogP contribution in [0.5, 0.6) is 0 Å². The molecule has 1 atom stereocenters. The van der Waals surface area contributed by atoms with Crippen molar-refractivity contribution in [3.8, 4) is 0 Å². The molecule has 0 bridgehead atoms. The van der Waals surface area contributed by atoms with Gasteiger partial charge in [0.2, 0.25) is 11.7 Å². The molecule has 7 heteroatoms. The predicted molar refractivity (Wildman–Crippen MR) is 93.7 cm³/mol. The Kier molecular flexibility index (Phi) is 5.01. The fourth-order valence-electron chi connectivity index (χ4n) is 2.24. The summed E-state index contributed by atoms with van der Waals surface area (Å²) in [7, 11) is 0. The highest BCUT2D eigenvalue weighted by atomic mass is 32.2. The van der Waals surface area contributed by atoms with E-state index >= 15 is 0 Å². The number of carbonyl (C=O) groups is 3. The van der Waals surface area contributed by atoms with Gasteiger partial charge in [0.15, 0.2) is 6.61 Å². The Morgan fingerprint density at radius 2 is 2.00 bits per heavy atom. The van der Waals surface area contributed by atoms with Crippen LogP contribution in [0.2, 0.25) is 0 Å². The Hall–Kier alpha value is -2.12. The van der Waals surface area contributed by atoms with E-state index in [9.17, 15) is 14.4 Å². The summed E-state index contributed by atoms with van der Waals surface area (Å²) >= 11 is 2.70. The molecule has 1 aliphatic rings. The molecule has 1 unspecified atom stereocenters. The number of hydrogen-bond donors (Lipinski definition) is 1. The van der Waals surface area contributed by atoms with E-state index in [1.54, 1.807) is 6.07 Å². The van der Waals surface area contributed by atoms with Gasteiger partial charge in [-0.2, -0.15) is 0 Å². The second-order valence-corrected chi connectivity index (χ2v) is 7.82. The molecule has 2 heterocycles. The second kappa shape index (κ2) is 7.19. The van der Waals surface area contributed by atoms with Crippen molar-refractivity contribution in [2.75, 3.05) is 11.9 Å². The largest absolute Gasteiger partial charge is 0.457 e. The van der Waals surface area contributed by atoms with Crippen LogP contribution in [-0.2, 0) is 14.3 Å². The number of carbonyl (C=O) groups excluding carboxylic acids is 3. The first-order chi connectivity index (χ1) is 11.5. The van der Waals surface area contributed by atoms with Crippen LogP contribution in [0.15, 0.2) is 41.3 Å². The van der Waals surface area contributed by atoms with Gasteiger partial charge in [-0.3, -0.25) is 14.4 Å². The van der Waals surface area contributed by atoms with Crippen molar-refractivity contribution >= 4 is 46.4 Å². The summed E-state index contributed by atoms with van der Waals surface area (Å²) < 4.78 is 5.03. The first kappa shape index (κ1) is 16.7. The molecule has 2 aromatic rings. The molecule has 1 amide bonds. The Morgan fingerprint density at radius 3 is 2.75 bits per heavy atom. The summed E-state index contributed by atoms with van der Waals surface area (Å²) in [6, 6.07) is 11.0. The van der Waals surface area contributed by atoms with Crippen LogP contribution >= 0.6 is 23.1 Å². The highest BCUT2D eigenvalue weighted by Crippen LogP contribution is 2.36. The number of fused-ring (bicyclic) bond motifs is 1. The van der Waals surface area contributed by atoms with Gasteiger partial charge in [-0.05, 0) is 31.2 Å². The molecule has 1 aromatic carbocycles. The molecule has 0 fully saturated rings. The van der Waals surface area contributed by atoms with Crippen LogP contribution < -0.4 is 5.32 Å². The maximum atomic E-state index is 12.0. The van der Waals surface area contributed by atoms with E-state index in [0.717, 1.165) is 15.5 Å². The van der Waals surface area contributed by atoms with E-state index in [1.165, 1.54) is 23.1 Å². The highest BCUT2D eigenvalue weighted by molar-refractivity contribution is 8.01. The van der Waals surface area contributed by atoms with Crippen molar-refractivity contribution in [2.45, 2.75) is 23.5 Å². The number of anilines is 1. The maximum absolute atomic E-state index is 12.0. The van der Waals surface area contributed by atoms with Gasteiger partial charge in [-0.25, -0.2) is 0 Å². The lowest BCUT2D eigenvalue weighted by Gasteiger charge is -2.23. The number of ketones is 1. The smallest absolute Gasteiger partial charge is 0.307 e. The average Bonchev–Trinajstić information content (AvgIpc) is 3.00. The Labute approximate surface area is 147 Å². The zero-order valence-corrected chi connectivity index (χ0v) is 14.5. The lowest BCUT2D eigenvalue weighted by Crippen LogP contribution is -2.31. The predicted octanol–water partition coefficient (Wildman–Crippen LogP) is 3.29. The minimum atomic E-state index is -0.552. The number of amides is 1. The van der Waals surface area contributed by atoms with Gasteiger partial charge >= 0.3 is 5.97 Å². The summed E-state index contributed by atoms with van der Waals surface area (Å²) in [6.07, 6.45) is -0.0679. The molecule has 0 saturated carbocycles.